The Labute approximate surface area is 117 Å². The van der Waals surface area contributed by atoms with Gasteiger partial charge in [0.05, 0.1) is 9.92 Å². The lowest BCUT2D eigenvalue weighted by Gasteiger charge is -2.16. The molecule has 0 bridgehead atoms. The summed E-state index contributed by atoms with van der Waals surface area (Å²) in [5, 5.41) is -0.195. The molecule has 1 aromatic rings. The van der Waals surface area contributed by atoms with E-state index in [-0.39, 0.29) is 21.9 Å². The molecule has 1 heterocycles. The van der Waals surface area contributed by atoms with Crippen LogP contribution in [0.15, 0.2) is 23.1 Å². The number of likely N-dealkylation sites (tertiary alicyclic amines) is 1. The fourth-order valence-corrected chi connectivity index (χ4v) is 3.88. The largest absolute Gasteiger partial charge is 0.304 e. The lowest BCUT2D eigenvalue weighted by molar-refractivity contribution is 0.400. The van der Waals surface area contributed by atoms with E-state index >= 15 is 0 Å². The van der Waals surface area contributed by atoms with Crippen LogP contribution in [0.1, 0.15) is 6.92 Å². The number of likely N-dealkylation sites (N-methyl/N-ethyl adjacent to an activating group) is 1. The fraction of sp³-hybridized carbons (Fsp3) is 0.500. The van der Waals surface area contributed by atoms with Gasteiger partial charge in [0.1, 0.15) is 5.82 Å². The highest BCUT2D eigenvalue weighted by Crippen LogP contribution is 2.21. The Kier molecular flexibility index (Phi) is 4.15. The first-order valence-corrected chi connectivity index (χ1v) is 7.81. The van der Waals surface area contributed by atoms with Gasteiger partial charge in [-0.15, -0.1) is 0 Å². The van der Waals surface area contributed by atoms with E-state index in [9.17, 15) is 12.8 Å². The van der Waals surface area contributed by atoms with Gasteiger partial charge >= 0.3 is 0 Å². The van der Waals surface area contributed by atoms with Crippen molar-refractivity contribution in [3.8, 4) is 0 Å². The van der Waals surface area contributed by atoms with Gasteiger partial charge < -0.3 is 4.90 Å². The Hall–Kier alpha value is -0.690. The van der Waals surface area contributed by atoms with Gasteiger partial charge in [-0.2, -0.15) is 0 Å². The van der Waals surface area contributed by atoms with Crippen LogP contribution in [-0.4, -0.2) is 39.5 Å². The van der Waals surface area contributed by atoms with Gasteiger partial charge in [-0.05, 0) is 31.2 Å². The summed E-state index contributed by atoms with van der Waals surface area (Å²) in [6.45, 7) is 3.50. The van der Waals surface area contributed by atoms with Crippen LogP contribution in [-0.2, 0) is 10.0 Å². The summed E-state index contributed by atoms with van der Waals surface area (Å²) in [5.41, 5.74) is 0. The number of sulfonamides is 1. The smallest absolute Gasteiger partial charge is 0.240 e. The highest BCUT2D eigenvalue weighted by molar-refractivity contribution is 7.89. The van der Waals surface area contributed by atoms with Crippen LogP contribution in [0.2, 0.25) is 5.02 Å². The van der Waals surface area contributed by atoms with E-state index in [4.69, 9.17) is 11.6 Å². The van der Waals surface area contributed by atoms with E-state index in [2.05, 4.69) is 9.62 Å². The predicted octanol–water partition coefficient (Wildman–Crippen LogP) is 1.71. The average molecular weight is 307 g/mol. The molecular formula is C12H16ClFN2O2S. The standard InChI is InChI=1S/C12H16ClFN2O2S/c1-8-6-16(2)7-12(8)15-19(17,18)9-3-4-11(14)10(13)5-9/h3-5,8,12,15H,6-7H2,1-2H3/t8-,12+/m0/s1. The molecule has 0 amide bonds. The van der Waals surface area contributed by atoms with Crippen molar-refractivity contribution in [3.63, 3.8) is 0 Å². The van der Waals surface area contributed by atoms with E-state index in [0.29, 0.717) is 6.54 Å². The first kappa shape index (κ1) is 14.7. The molecule has 0 spiro atoms. The topological polar surface area (TPSA) is 49.4 Å². The fourth-order valence-electron chi connectivity index (χ4n) is 2.27. The first-order valence-electron chi connectivity index (χ1n) is 5.95. The van der Waals surface area contributed by atoms with Crippen LogP contribution < -0.4 is 4.72 Å². The predicted molar refractivity (Wildman–Crippen MR) is 72.2 cm³/mol. The van der Waals surface area contributed by atoms with Gasteiger partial charge in [-0.3, -0.25) is 0 Å². The molecule has 1 aliphatic heterocycles. The third-order valence-electron chi connectivity index (χ3n) is 3.30. The summed E-state index contributed by atoms with van der Waals surface area (Å²) in [6.07, 6.45) is 0. The number of halogens is 2. The number of nitrogens with zero attached hydrogens (tertiary/aromatic N) is 1. The maximum Gasteiger partial charge on any atom is 0.240 e. The molecule has 19 heavy (non-hydrogen) atoms. The Balaban J connectivity index is 2.20. The summed E-state index contributed by atoms with van der Waals surface area (Å²) >= 11 is 5.61. The summed E-state index contributed by atoms with van der Waals surface area (Å²) in [5.74, 6) is -0.398. The highest BCUT2D eigenvalue weighted by Gasteiger charge is 2.31. The average Bonchev–Trinajstić information content (AvgIpc) is 2.60. The maximum atomic E-state index is 13.1. The number of hydrogen-bond donors (Lipinski definition) is 1. The SMILES string of the molecule is C[C@H]1CN(C)C[C@H]1NS(=O)(=O)c1ccc(F)c(Cl)c1. The molecule has 0 radical (unpaired) electrons. The van der Waals surface area contributed by atoms with Crippen LogP contribution in [0.3, 0.4) is 0 Å². The quantitative estimate of drug-likeness (QED) is 0.925. The minimum atomic E-state index is -3.67. The van der Waals surface area contributed by atoms with E-state index in [1.807, 2.05) is 14.0 Å². The zero-order valence-corrected chi connectivity index (χ0v) is 12.3. The zero-order valence-electron chi connectivity index (χ0n) is 10.7. The van der Waals surface area contributed by atoms with Gasteiger partial charge in [-0.1, -0.05) is 18.5 Å². The molecule has 0 saturated carbocycles. The first-order chi connectivity index (χ1) is 8.79. The third-order valence-corrected chi connectivity index (χ3v) is 5.08. The number of rotatable bonds is 3. The molecule has 1 fully saturated rings. The zero-order chi connectivity index (χ0) is 14.2. The van der Waals surface area contributed by atoms with Crippen molar-refractivity contribution in [3.05, 3.63) is 29.0 Å². The number of hydrogen-bond acceptors (Lipinski definition) is 3. The van der Waals surface area contributed by atoms with Gasteiger partial charge in [-0.25, -0.2) is 17.5 Å². The molecule has 2 atom stereocenters. The van der Waals surface area contributed by atoms with Gasteiger partial charge in [0.2, 0.25) is 10.0 Å². The van der Waals surface area contributed by atoms with E-state index in [1.54, 1.807) is 0 Å². The Morgan fingerprint density at radius 2 is 2.11 bits per heavy atom. The van der Waals surface area contributed by atoms with Crippen molar-refractivity contribution in [2.45, 2.75) is 17.9 Å². The second kappa shape index (κ2) is 5.36. The number of nitrogens with one attached hydrogen (secondary N) is 1. The van der Waals surface area contributed by atoms with Crippen molar-refractivity contribution >= 4 is 21.6 Å². The highest BCUT2D eigenvalue weighted by atomic mass is 35.5. The minimum Gasteiger partial charge on any atom is -0.304 e. The third kappa shape index (κ3) is 3.25. The molecule has 0 unspecified atom stereocenters. The molecule has 1 N–H and O–H groups in total. The molecule has 1 aromatic carbocycles. The number of benzene rings is 1. The molecular weight excluding hydrogens is 291 g/mol. The molecule has 7 heteroatoms. The van der Waals surface area contributed by atoms with Crippen molar-refractivity contribution in [1.82, 2.24) is 9.62 Å². The van der Waals surface area contributed by atoms with Crippen LogP contribution in [0, 0.1) is 11.7 Å². The van der Waals surface area contributed by atoms with E-state index in [0.717, 1.165) is 18.7 Å². The lowest BCUT2D eigenvalue weighted by Crippen LogP contribution is -2.39. The van der Waals surface area contributed by atoms with Crippen LogP contribution in [0.5, 0.6) is 0 Å². The summed E-state index contributed by atoms with van der Waals surface area (Å²) in [6, 6.07) is 3.26. The van der Waals surface area contributed by atoms with E-state index < -0.39 is 15.8 Å². The van der Waals surface area contributed by atoms with Crippen LogP contribution in [0.25, 0.3) is 0 Å². The van der Waals surface area contributed by atoms with Crippen molar-refractivity contribution in [1.29, 1.82) is 0 Å². The molecule has 106 valence electrons. The second-order valence-electron chi connectivity index (χ2n) is 5.00. The van der Waals surface area contributed by atoms with E-state index in [1.165, 1.54) is 6.07 Å². The lowest BCUT2D eigenvalue weighted by atomic mass is 10.1. The molecule has 1 saturated heterocycles. The van der Waals surface area contributed by atoms with Gasteiger partial charge in [0.15, 0.2) is 0 Å². The molecule has 2 rings (SSSR count). The van der Waals surface area contributed by atoms with Gasteiger partial charge in [0.25, 0.3) is 0 Å². The monoisotopic (exact) mass is 306 g/mol. The van der Waals surface area contributed by atoms with Crippen molar-refractivity contribution in [2.75, 3.05) is 20.1 Å². The maximum absolute atomic E-state index is 13.1. The Bertz CT molecular complexity index is 579. The molecule has 4 nitrogen and oxygen atoms in total. The normalized spacial score (nSPS) is 24.8. The Morgan fingerprint density at radius 3 is 2.63 bits per heavy atom. The van der Waals surface area contributed by atoms with Crippen molar-refractivity contribution < 1.29 is 12.8 Å². The second-order valence-corrected chi connectivity index (χ2v) is 7.12. The minimum absolute atomic E-state index is 0.0133. The summed E-state index contributed by atoms with van der Waals surface area (Å²) in [4.78, 5) is 2.05. The summed E-state index contributed by atoms with van der Waals surface area (Å²) in [7, 11) is -1.72. The van der Waals surface area contributed by atoms with Crippen molar-refractivity contribution in [2.24, 2.45) is 5.92 Å². The summed E-state index contributed by atoms with van der Waals surface area (Å²) < 4.78 is 40.1. The van der Waals surface area contributed by atoms with Crippen LogP contribution in [0.4, 0.5) is 4.39 Å². The Morgan fingerprint density at radius 1 is 1.42 bits per heavy atom. The van der Waals surface area contributed by atoms with Crippen LogP contribution >= 0.6 is 11.6 Å². The van der Waals surface area contributed by atoms with Gasteiger partial charge in [0, 0.05) is 19.1 Å². The molecule has 0 aliphatic carbocycles. The molecule has 1 aliphatic rings. The molecule has 0 aromatic heterocycles.